The molecule has 2 nitrogen and oxygen atoms in total. The zero-order valence-electron chi connectivity index (χ0n) is 11.7. The third kappa shape index (κ3) is 2.86. The van der Waals surface area contributed by atoms with Crippen molar-refractivity contribution in [1.82, 2.24) is 9.55 Å². The molecule has 0 amide bonds. The van der Waals surface area contributed by atoms with Gasteiger partial charge in [0.05, 0.1) is 0 Å². The van der Waals surface area contributed by atoms with Crippen molar-refractivity contribution < 1.29 is 13.2 Å². The van der Waals surface area contributed by atoms with Crippen molar-refractivity contribution in [2.24, 2.45) is 0 Å². The number of imidazole rings is 1. The summed E-state index contributed by atoms with van der Waals surface area (Å²) in [5.41, 5.74) is 1.000. The first-order chi connectivity index (χ1) is 9.32. The van der Waals surface area contributed by atoms with Gasteiger partial charge in [0.1, 0.15) is 5.82 Å². The standard InChI is InChI=1S/C15H17F3N2/c1-4-11-5-7-12(8-6-11)14-19-13(15(16,17)18)9-20(14)10(2)3/h5-10H,4H2,1-3H3. The molecule has 0 saturated carbocycles. The average Bonchev–Trinajstić information content (AvgIpc) is 2.84. The fourth-order valence-electron chi connectivity index (χ4n) is 2.03. The molecule has 20 heavy (non-hydrogen) atoms. The Balaban J connectivity index is 2.50. The molecule has 0 saturated heterocycles. The Morgan fingerprint density at radius 3 is 2.20 bits per heavy atom. The van der Waals surface area contributed by atoms with Gasteiger partial charge in [-0.1, -0.05) is 31.2 Å². The van der Waals surface area contributed by atoms with Crippen LogP contribution in [0.1, 0.15) is 38.1 Å². The number of aromatic nitrogens is 2. The molecule has 0 aliphatic rings. The molecule has 1 aromatic carbocycles. The van der Waals surface area contributed by atoms with Crippen molar-refractivity contribution in [1.29, 1.82) is 0 Å². The van der Waals surface area contributed by atoms with E-state index in [1.54, 1.807) is 4.57 Å². The molecule has 0 N–H and O–H groups in total. The number of rotatable bonds is 3. The number of aryl methyl sites for hydroxylation is 1. The monoisotopic (exact) mass is 282 g/mol. The highest BCUT2D eigenvalue weighted by Crippen LogP contribution is 2.32. The molecule has 0 radical (unpaired) electrons. The van der Waals surface area contributed by atoms with E-state index in [-0.39, 0.29) is 6.04 Å². The van der Waals surface area contributed by atoms with Gasteiger partial charge in [-0.15, -0.1) is 0 Å². The minimum atomic E-state index is -4.42. The van der Waals surface area contributed by atoms with E-state index >= 15 is 0 Å². The van der Waals surface area contributed by atoms with Crippen LogP contribution in [0.2, 0.25) is 0 Å². The summed E-state index contributed by atoms with van der Waals surface area (Å²) in [6, 6.07) is 7.39. The lowest BCUT2D eigenvalue weighted by Gasteiger charge is -2.11. The topological polar surface area (TPSA) is 17.8 Å². The van der Waals surface area contributed by atoms with E-state index in [9.17, 15) is 13.2 Å². The summed E-state index contributed by atoms with van der Waals surface area (Å²) in [6.45, 7) is 5.71. The number of benzene rings is 1. The van der Waals surface area contributed by atoms with Crippen molar-refractivity contribution in [2.75, 3.05) is 0 Å². The van der Waals surface area contributed by atoms with Gasteiger partial charge in [0.15, 0.2) is 5.69 Å². The molecule has 0 unspecified atom stereocenters. The van der Waals surface area contributed by atoms with E-state index in [0.717, 1.165) is 18.2 Å². The van der Waals surface area contributed by atoms with Crippen LogP contribution in [0.15, 0.2) is 30.5 Å². The van der Waals surface area contributed by atoms with Crippen LogP contribution in [-0.2, 0) is 12.6 Å². The molecule has 0 atom stereocenters. The maximum absolute atomic E-state index is 12.8. The predicted octanol–water partition coefficient (Wildman–Crippen LogP) is 4.71. The molecule has 0 aliphatic heterocycles. The Labute approximate surface area is 116 Å². The molecule has 2 rings (SSSR count). The lowest BCUT2D eigenvalue weighted by Crippen LogP contribution is -2.05. The fourth-order valence-corrected chi connectivity index (χ4v) is 2.03. The summed E-state index contributed by atoms with van der Waals surface area (Å²) in [5.74, 6) is 0.356. The van der Waals surface area contributed by atoms with Crippen LogP contribution in [0.4, 0.5) is 13.2 Å². The first kappa shape index (κ1) is 14.6. The van der Waals surface area contributed by atoms with Crippen LogP contribution in [0.25, 0.3) is 11.4 Å². The molecular weight excluding hydrogens is 265 g/mol. The third-order valence-corrected chi connectivity index (χ3v) is 3.20. The number of nitrogens with zero attached hydrogens (tertiary/aromatic N) is 2. The van der Waals surface area contributed by atoms with E-state index < -0.39 is 11.9 Å². The first-order valence-corrected chi connectivity index (χ1v) is 6.58. The Morgan fingerprint density at radius 2 is 1.75 bits per heavy atom. The van der Waals surface area contributed by atoms with Crippen molar-refractivity contribution in [2.45, 2.75) is 39.4 Å². The van der Waals surface area contributed by atoms with E-state index in [4.69, 9.17) is 0 Å². The van der Waals surface area contributed by atoms with Gasteiger partial charge in [-0.2, -0.15) is 13.2 Å². The van der Waals surface area contributed by atoms with Gasteiger partial charge in [-0.25, -0.2) is 4.98 Å². The molecule has 1 aromatic heterocycles. The molecule has 108 valence electrons. The summed E-state index contributed by atoms with van der Waals surface area (Å²) in [6.07, 6.45) is -2.45. The highest BCUT2D eigenvalue weighted by molar-refractivity contribution is 5.57. The molecule has 2 aromatic rings. The molecule has 0 aliphatic carbocycles. The normalized spacial score (nSPS) is 12.2. The fraction of sp³-hybridized carbons (Fsp3) is 0.400. The van der Waals surface area contributed by atoms with Gasteiger partial charge in [0.2, 0.25) is 0 Å². The number of halogens is 3. The maximum Gasteiger partial charge on any atom is 0.434 e. The molecule has 0 bridgehead atoms. The molecule has 5 heteroatoms. The van der Waals surface area contributed by atoms with Gasteiger partial charge in [-0.05, 0) is 25.8 Å². The van der Waals surface area contributed by atoms with Crippen molar-refractivity contribution in [3.63, 3.8) is 0 Å². The second-order valence-electron chi connectivity index (χ2n) is 5.00. The van der Waals surface area contributed by atoms with Crippen LogP contribution in [-0.4, -0.2) is 9.55 Å². The predicted molar refractivity (Wildman–Crippen MR) is 72.4 cm³/mol. The second kappa shape index (κ2) is 5.31. The van der Waals surface area contributed by atoms with Crippen LogP contribution in [0.3, 0.4) is 0 Å². The SMILES string of the molecule is CCc1ccc(-c2nc(C(F)(F)F)cn2C(C)C)cc1. The minimum absolute atomic E-state index is 0.0838. The zero-order chi connectivity index (χ0) is 14.9. The number of alkyl halides is 3. The van der Waals surface area contributed by atoms with Gasteiger partial charge < -0.3 is 4.57 Å². The van der Waals surface area contributed by atoms with Gasteiger partial charge >= 0.3 is 6.18 Å². The quantitative estimate of drug-likeness (QED) is 0.797. The van der Waals surface area contributed by atoms with Crippen molar-refractivity contribution >= 4 is 0 Å². The Bertz CT molecular complexity index is 580. The minimum Gasteiger partial charge on any atom is -0.328 e. The van der Waals surface area contributed by atoms with Gasteiger partial charge in [0, 0.05) is 17.8 Å². The smallest absolute Gasteiger partial charge is 0.328 e. The van der Waals surface area contributed by atoms with Crippen molar-refractivity contribution in [3.8, 4) is 11.4 Å². The van der Waals surface area contributed by atoms with E-state index in [0.29, 0.717) is 11.4 Å². The summed E-state index contributed by atoms with van der Waals surface area (Å²) >= 11 is 0. The number of hydrogen-bond donors (Lipinski definition) is 0. The maximum atomic E-state index is 12.8. The Kier molecular flexibility index (Phi) is 3.88. The third-order valence-electron chi connectivity index (χ3n) is 3.20. The van der Waals surface area contributed by atoms with Crippen LogP contribution >= 0.6 is 0 Å². The van der Waals surface area contributed by atoms with Gasteiger partial charge in [-0.3, -0.25) is 0 Å². The summed E-state index contributed by atoms with van der Waals surface area (Å²) in [7, 11) is 0. The first-order valence-electron chi connectivity index (χ1n) is 6.58. The van der Waals surface area contributed by atoms with Crippen LogP contribution in [0.5, 0.6) is 0 Å². The number of hydrogen-bond acceptors (Lipinski definition) is 1. The molecule has 0 fully saturated rings. The summed E-state index contributed by atoms with van der Waals surface area (Å²) in [5, 5.41) is 0. The highest BCUT2D eigenvalue weighted by atomic mass is 19.4. The summed E-state index contributed by atoms with van der Waals surface area (Å²) in [4.78, 5) is 3.77. The second-order valence-corrected chi connectivity index (χ2v) is 5.00. The lowest BCUT2D eigenvalue weighted by molar-refractivity contribution is -0.140. The lowest BCUT2D eigenvalue weighted by atomic mass is 10.1. The van der Waals surface area contributed by atoms with Crippen LogP contribution in [0, 0.1) is 0 Å². The van der Waals surface area contributed by atoms with Crippen LogP contribution < -0.4 is 0 Å². The zero-order valence-corrected chi connectivity index (χ0v) is 11.7. The average molecular weight is 282 g/mol. The summed E-state index contributed by atoms with van der Waals surface area (Å²) < 4.78 is 40.0. The Morgan fingerprint density at radius 1 is 1.15 bits per heavy atom. The molecule has 1 heterocycles. The Hall–Kier alpha value is -1.78. The molecular formula is C15H17F3N2. The molecule has 0 spiro atoms. The van der Waals surface area contributed by atoms with E-state index in [1.165, 1.54) is 0 Å². The van der Waals surface area contributed by atoms with Gasteiger partial charge in [0.25, 0.3) is 0 Å². The van der Waals surface area contributed by atoms with Crippen molar-refractivity contribution in [3.05, 3.63) is 41.7 Å². The van der Waals surface area contributed by atoms with E-state index in [2.05, 4.69) is 4.98 Å². The van der Waals surface area contributed by atoms with E-state index in [1.807, 2.05) is 45.0 Å². The largest absolute Gasteiger partial charge is 0.434 e. The highest BCUT2D eigenvalue weighted by Gasteiger charge is 2.35.